The minimum absolute atomic E-state index is 0. The van der Waals surface area contributed by atoms with Crippen LogP contribution in [0.5, 0.6) is 11.5 Å². The highest BCUT2D eigenvalue weighted by Gasteiger charge is 1.93. The van der Waals surface area contributed by atoms with Gasteiger partial charge in [0.05, 0.1) is 5.69 Å². The second-order valence-electron chi connectivity index (χ2n) is 4.06. The molecule has 2 rings (SSSR count). The number of nitrogen functional groups attached to an aromatic ring is 2. The number of benzene rings is 2. The van der Waals surface area contributed by atoms with Crippen LogP contribution in [0.3, 0.4) is 0 Å². The molecule has 0 saturated heterocycles. The van der Waals surface area contributed by atoms with Crippen LogP contribution in [0.2, 0.25) is 0 Å². The molecule has 0 aromatic heterocycles. The highest BCUT2D eigenvalue weighted by atomic mass is 35.5. The maximum absolute atomic E-state index is 8.86. The Balaban J connectivity index is -0.000000291. The third kappa shape index (κ3) is 16.5. The van der Waals surface area contributed by atoms with Crippen molar-refractivity contribution in [2.75, 3.05) is 23.8 Å². The van der Waals surface area contributed by atoms with Crippen LogP contribution in [0.1, 0.15) is 0 Å². The normalized spacial score (nSPS) is 8.92. The van der Waals surface area contributed by atoms with Crippen LogP contribution < -0.4 is 16.8 Å². The summed E-state index contributed by atoms with van der Waals surface area (Å²) in [4.78, 5) is 0. The molecule has 25 heavy (non-hydrogen) atoms. The second kappa shape index (κ2) is 13.2. The second-order valence-corrected chi connectivity index (χ2v) is 4.96. The van der Waals surface area contributed by atoms with Gasteiger partial charge in [-0.3, -0.25) is 9.11 Å². The van der Waals surface area contributed by atoms with Crippen LogP contribution in [0.4, 0.5) is 17.1 Å². The molecule has 0 aliphatic rings. The van der Waals surface area contributed by atoms with Gasteiger partial charge in [0.15, 0.2) is 0 Å². The first-order chi connectivity index (χ1) is 10.5. The van der Waals surface area contributed by atoms with Crippen LogP contribution >= 0.6 is 24.8 Å². The summed E-state index contributed by atoms with van der Waals surface area (Å²) in [6.07, 6.45) is 0. The molecule has 0 bridgehead atoms. The highest BCUT2D eigenvalue weighted by Crippen LogP contribution is 2.20. The number of anilines is 3. The van der Waals surface area contributed by atoms with Gasteiger partial charge >= 0.3 is 10.4 Å². The monoisotopic (exact) mass is 417 g/mol. The molecule has 0 amide bonds. The number of nitrogens with one attached hydrogen (secondary N) is 1. The Morgan fingerprint density at radius 3 is 1.68 bits per heavy atom. The van der Waals surface area contributed by atoms with E-state index in [0.717, 1.165) is 5.69 Å². The first-order valence-electron chi connectivity index (χ1n) is 6.03. The van der Waals surface area contributed by atoms with Gasteiger partial charge in [-0.15, -0.1) is 24.8 Å². The molecule has 0 fully saturated rings. The van der Waals surface area contributed by atoms with Crippen LogP contribution in [-0.2, 0) is 10.4 Å². The number of aromatic hydroxyl groups is 2. The number of phenolic OH excluding ortho intramolecular Hbond substituents is 2. The first-order valence-corrected chi connectivity index (χ1v) is 7.43. The van der Waals surface area contributed by atoms with Crippen LogP contribution in [-0.4, -0.2) is 34.8 Å². The third-order valence-corrected chi connectivity index (χ3v) is 2.21. The molecule has 0 atom stereocenters. The van der Waals surface area contributed by atoms with Crippen molar-refractivity contribution in [2.45, 2.75) is 0 Å². The summed E-state index contributed by atoms with van der Waals surface area (Å²) in [7, 11) is -2.83. The van der Waals surface area contributed by atoms with Gasteiger partial charge in [-0.2, -0.15) is 8.42 Å². The van der Waals surface area contributed by atoms with Crippen molar-refractivity contribution in [3.8, 4) is 11.5 Å². The molecule has 12 heteroatoms. The van der Waals surface area contributed by atoms with E-state index >= 15 is 0 Å². The molecule has 0 heterocycles. The van der Waals surface area contributed by atoms with E-state index in [0.29, 0.717) is 17.1 Å². The molecule has 0 radical (unpaired) electrons. The summed E-state index contributed by atoms with van der Waals surface area (Å²) in [5, 5.41) is 20.6. The Hall–Kier alpha value is -2.11. The highest BCUT2D eigenvalue weighted by molar-refractivity contribution is 7.79. The van der Waals surface area contributed by atoms with Gasteiger partial charge in [0, 0.05) is 18.4 Å². The molecule has 2 aromatic rings. The van der Waals surface area contributed by atoms with Crippen molar-refractivity contribution < 1.29 is 27.7 Å². The molecule has 9 N–H and O–H groups in total. The quantitative estimate of drug-likeness (QED) is 0.158. The zero-order valence-electron chi connectivity index (χ0n) is 13.0. The van der Waals surface area contributed by atoms with E-state index in [1.807, 2.05) is 19.2 Å². The lowest BCUT2D eigenvalue weighted by Gasteiger charge is -1.97. The van der Waals surface area contributed by atoms with Crippen molar-refractivity contribution in [3.05, 3.63) is 42.5 Å². The fraction of sp³-hybridized carbons (Fsp3) is 0.0769. The summed E-state index contributed by atoms with van der Waals surface area (Å²) >= 11 is 0. The van der Waals surface area contributed by atoms with E-state index in [9.17, 15) is 0 Å². The van der Waals surface area contributed by atoms with Crippen LogP contribution in [0.25, 0.3) is 0 Å². The fourth-order valence-electron chi connectivity index (χ4n) is 1.20. The lowest BCUT2D eigenvalue weighted by atomic mass is 10.3. The van der Waals surface area contributed by atoms with Gasteiger partial charge in [-0.25, -0.2) is 0 Å². The zero-order valence-corrected chi connectivity index (χ0v) is 15.5. The van der Waals surface area contributed by atoms with E-state index in [1.165, 1.54) is 12.1 Å². The largest absolute Gasteiger partial charge is 0.508 e. The molecule has 0 saturated carbocycles. The van der Waals surface area contributed by atoms with Gasteiger partial charge in [-0.1, -0.05) is 0 Å². The summed E-state index contributed by atoms with van der Waals surface area (Å²) in [6.45, 7) is 0. The molecule has 0 unspecified atom stereocenters. The molecular weight excluding hydrogens is 397 g/mol. The summed E-state index contributed by atoms with van der Waals surface area (Å²) in [5.74, 6) is 0.373. The van der Waals surface area contributed by atoms with E-state index in [-0.39, 0.29) is 30.6 Å². The number of rotatable bonds is 1. The predicted octanol–water partition coefficient (Wildman–Crippen LogP) is 2.18. The van der Waals surface area contributed by atoms with E-state index in [4.69, 9.17) is 39.2 Å². The average Bonchev–Trinajstić information content (AvgIpc) is 2.43. The van der Waals surface area contributed by atoms with Crippen molar-refractivity contribution in [1.82, 2.24) is 0 Å². The summed E-state index contributed by atoms with van der Waals surface area (Å²) in [6, 6.07) is 11.5. The molecule has 144 valence electrons. The minimum Gasteiger partial charge on any atom is -0.508 e. The maximum atomic E-state index is 8.86. The van der Waals surface area contributed by atoms with E-state index < -0.39 is 10.4 Å². The SMILES string of the molecule is CNc1ccc(O)cc1.Cl.Cl.Nc1ccc(O)c(N)c1.O=S(=O)(O)O. The average molecular weight is 418 g/mol. The van der Waals surface area contributed by atoms with Crippen molar-refractivity contribution in [2.24, 2.45) is 0 Å². The maximum Gasteiger partial charge on any atom is 0.394 e. The Morgan fingerprint density at radius 2 is 1.36 bits per heavy atom. The number of phenols is 2. The Labute approximate surface area is 158 Å². The Bertz CT molecular complexity index is 706. The standard InChI is InChI=1S/C7H9NO.C6H8N2O.2ClH.H2O4S/c1-8-6-2-4-7(9)5-3-6;7-4-1-2-6(9)5(8)3-4;;;1-5(2,3)4/h2-5,8-9H,1H3;1-3,9H,7-8H2;2*1H;(H2,1,2,3,4). The van der Waals surface area contributed by atoms with Crippen LogP contribution in [0.15, 0.2) is 42.5 Å². The van der Waals surface area contributed by atoms with Gasteiger partial charge in [-0.05, 0) is 42.5 Å². The molecule has 0 aliphatic heterocycles. The van der Waals surface area contributed by atoms with Crippen molar-refractivity contribution >= 4 is 52.3 Å². The molecule has 2 aromatic carbocycles. The topological polar surface area (TPSA) is 179 Å². The molecule has 9 nitrogen and oxygen atoms in total. The minimum atomic E-state index is -4.67. The molecular formula is C13H21Cl2N3O6S. The predicted molar refractivity (Wildman–Crippen MR) is 103 cm³/mol. The van der Waals surface area contributed by atoms with Gasteiger partial charge < -0.3 is 27.0 Å². The lowest BCUT2D eigenvalue weighted by Crippen LogP contribution is -1.89. The van der Waals surface area contributed by atoms with E-state index in [2.05, 4.69) is 5.32 Å². The van der Waals surface area contributed by atoms with E-state index in [1.54, 1.807) is 18.2 Å². The number of nitrogens with two attached hydrogens (primary N) is 2. The Kier molecular flexibility index (Phi) is 14.7. The first kappa shape index (κ1) is 27.7. The smallest absolute Gasteiger partial charge is 0.394 e. The third-order valence-electron chi connectivity index (χ3n) is 2.21. The molecule has 0 aliphatic carbocycles. The molecule has 0 spiro atoms. The number of hydrogen-bond donors (Lipinski definition) is 7. The van der Waals surface area contributed by atoms with Gasteiger partial charge in [0.2, 0.25) is 0 Å². The number of hydrogen-bond acceptors (Lipinski definition) is 7. The Morgan fingerprint density at radius 1 is 0.920 bits per heavy atom. The van der Waals surface area contributed by atoms with Gasteiger partial charge in [0.25, 0.3) is 0 Å². The summed E-state index contributed by atoms with van der Waals surface area (Å²) < 4.78 is 31.6. The van der Waals surface area contributed by atoms with Gasteiger partial charge in [0.1, 0.15) is 11.5 Å². The van der Waals surface area contributed by atoms with Crippen molar-refractivity contribution in [1.29, 1.82) is 0 Å². The fourth-order valence-corrected chi connectivity index (χ4v) is 1.20. The lowest BCUT2D eigenvalue weighted by molar-refractivity contribution is 0.381. The zero-order chi connectivity index (χ0) is 18.0. The van der Waals surface area contributed by atoms with Crippen molar-refractivity contribution in [3.63, 3.8) is 0 Å². The number of halogens is 2. The summed E-state index contributed by atoms with van der Waals surface area (Å²) in [5.41, 5.74) is 12.5. The van der Waals surface area contributed by atoms with Crippen LogP contribution in [0, 0.1) is 0 Å².